The number of likely N-dealkylation sites (N-methyl/N-ethyl adjacent to an activating group) is 1. The zero-order chi connectivity index (χ0) is 14.8. The summed E-state index contributed by atoms with van der Waals surface area (Å²) in [6.45, 7) is 7.66. The maximum Gasteiger partial charge on any atom is 0.134 e. The van der Waals surface area contributed by atoms with Gasteiger partial charge in [-0.2, -0.15) is 0 Å². The topological polar surface area (TPSA) is 28.4 Å². The second kappa shape index (κ2) is 5.98. The van der Waals surface area contributed by atoms with Crippen molar-refractivity contribution in [2.75, 3.05) is 20.6 Å². The lowest BCUT2D eigenvalue weighted by atomic mass is 9.91. The van der Waals surface area contributed by atoms with E-state index in [1.54, 1.807) is 0 Å². The van der Waals surface area contributed by atoms with Gasteiger partial charge >= 0.3 is 0 Å². The molecule has 0 fully saturated rings. The number of rotatable bonds is 6. The first-order valence-electron chi connectivity index (χ1n) is 7.36. The fourth-order valence-corrected chi connectivity index (χ4v) is 2.39. The average molecular weight is 274 g/mol. The molecule has 0 aliphatic heterocycles. The highest BCUT2D eigenvalue weighted by molar-refractivity contribution is 5.77. The van der Waals surface area contributed by atoms with E-state index in [0.717, 1.165) is 24.3 Å². The van der Waals surface area contributed by atoms with Crippen molar-refractivity contribution in [1.82, 2.24) is 10.2 Å². The molecule has 0 amide bonds. The molecule has 0 aliphatic rings. The minimum atomic E-state index is -0.0248. The number of benzene rings is 1. The highest BCUT2D eigenvalue weighted by Gasteiger charge is 2.34. The molecule has 0 bridgehead atoms. The van der Waals surface area contributed by atoms with Gasteiger partial charge in [0, 0.05) is 10.9 Å². The summed E-state index contributed by atoms with van der Waals surface area (Å²) in [6.07, 6.45) is 1.11. The first-order valence-corrected chi connectivity index (χ1v) is 7.36. The predicted molar refractivity (Wildman–Crippen MR) is 85.0 cm³/mol. The Morgan fingerprint density at radius 3 is 2.55 bits per heavy atom. The maximum atomic E-state index is 6.07. The van der Waals surface area contributed by atoms with Crippen LogP contribution in [0.3, 0.4) is 0 Å². The molecule has 0 saturated heterocycles. The zero-order valence-corrected chi connectivity index (χ0v) is 13.2. The third kappa shape index (κ3) is 2.89. The summed E-state index contributed by atoms with van der Waals surface area (Å²) in [4.78, 5) is 2.24. The standard InChI is InChI=1S/C17H26N2O/c1-6-11-18-16(17(2,3)19(4)5)15-12-13-9-7-8-10-14(13)20-15/h7-10,12,16,18H,6,11H2,1-5H3. The average Bonchev–Trinajstić information content (AvgIpc) is 2.82. The predicted octanol–water partition coefficient (Wildman–Crippen LogP) is 3.81. The Hall–Kier alpha value is -1.32. The molecule has 1 aromatic heterocycles. The van der Waals surface area contributed by atoms with Crippen LogP contribution in [0, 0.1) is 0 Å². The van der Waals surface area contributed by atoms with E-state index >= 15 is 0 Å². The van der Waals surface area contributed by atoms with Gasteiger partial charge in [-0.15, -0.1) is 0 Å². The molecular weight excluding hydrogens is 248 g/mol. The molecule has 2 aromatic rings. The van der Waals surface area contributed by atoms with Gasteiger partial charge in [-0.3, -0.25) is 0 Å². The second-order valence-electron chi connectivity index (χ2n) is 6.12. The molecule has 1 atom stereocenters. The van der Waals surface area contributed by atoms with Gasteiger partial charge in [0.2, 0.25) is 0 Å². The van der Waals surface area contributed by atoms with Crippen LogP contribution in [-0.2, 0) is 0 Å². The van der Waals surface area contributed by atoms with Crippen molar-refractivity contribution in [1.29, 1.82) is 0 Å². The van der Waals surface area contributed by atoms with Gasteiger partial charge in [-0.25, -0.2) is 0 Å². The minimum absolute atomic E-state index is 0.0248. The molecule has 0 radical (unpaired) electrons. The van der Waals surface area contributed by atoms with Crippen molar-refractivity contribution in [3.05, 3.63) is 36.1 Å². The van der Waals surface area contributed by atoms with Crippen LogP contribution in [0.25, 0.3) is 11.0 Å². The van der Waals surface area contributed by atoms with Crippen LogP contribution >= 0.6 is 0 Å². The summed E-state index contributed by atoms with van der Waals surface area (Å²) >= 11 is 0. The summed E-state index contributed by atoms with van der Waals surface area (Å²) in [5, 5.41) is 4.80. The van der Waals surface area contributed by atoms with Gasteiger partial charge in [0.15, 0.2) is 0 Å². The molecular formula is C17H26N2O. The summed E-state index contributed by atoms with van der Waals surface area (Å²) in [6, 6.07) is 10.5. The van der Waals surface area contributed by atoms with Gasteiger partial charge in [-0.05, 0) is 53.0 Å². The van der Waals surface area contributed by atoms with Gasteiger partial charge in [-0.1, -0.05) is 25.1 Å². The SMILES string of the molecule is CCCNC(c1cc2ccccc2o1)C(C)(C)N(C)C. The number of fused-ring (bicyclic) bond motifs is 1. The number of para-hydroxylation sites is 1. The Bertz CT molecular complexity index is 524. The molecule has 0 saturated carbocycles. The fourth-order valence-electron chi connectivity index (χ4n) is 2.39. The van der Waals surface area contributed by atoms with Gasteiger partial charge < -0.3 is 14.6 Å². The van der Waals surface area contributed by atoms with E-state index in [2.05, 4.69) is 57.2 Å². The second-order valence-corrected chi connectivity index (χ2v) is 6.12. The Morgan fingerprint density at radius 1 is 1.25 bits per heavy atom. The zero-order valence-electron chi connectivity index (χ0n) is 13.2. The molecule has 1 heterocycles. The van der Waals surface area contributed by atoms with E-state index in [-0.39, 0.29) is 11.6 Å². The molecule has 1 aromatic carbocycles. The van der Waals surface area contributed by atoms with Crippen LogP contribution in [0.4, 0.5) is 0 Å². The van der Waals surface area contributed by atoms with Crippen LogP contribution < -0.4 is 5.32 Å². The molecule has 20 heavy (non-hydrogen) atoms. The lowest BCUT2D eigenvalue weighted by Gasteiger charge is -2.39. The summed E-state index contributed by atoms with van der Waals surface area (Å²) in [7, 11) is 4.23. The third-order valence-electron chi connectivity index (χ3n) is 4.19. The van der Waals surface area contributed by atoms with Crippen molar-refractivity contribution in [3.8, 4) is 0 Å². The number of nitrogens with one attached hydrogen (secondary N) is 1. The van der Waals surface area contributed by atoms with Crippen molar-refractivity contribution >= 4 is 11.0 Å². The van der Waals surface area contributed by atoms with E-state index in [1.807, 2.05) is 18.2 Å². The highest BCUT2D eigenvalue weighted by atomic mass is 16.3. The molecule has 3 nitrogen and oxygen atoms in total. The smallest absolute Gasteiger partial charge is 0.134 e. The molecule has 2 rings (SSSR count). The molecule has 110 valence electrons. The summed E-state index contributed by atoms with van der Waals surface area (Å²) in [5.74, 6) is 1.01. The minimum Gasteiger partial charge on any atom is -0.459 e. The van der Waals surface area contributed by atoms with Gasteiger partial charge in [0.05, 0.1) is 6.04 Å². The largest absolute Gasteiger partial charge is 0.459 e. The quantitative estimate of drug-likeness (QED) is 0.868. The monoisotopic (exact) mass is 274 g/mol. The highest BCUT2D eigenvalue weighted by Crippen LogP contribution is 2.33. The molecule has 3 heteroatoms. The van der Waals surface area contributed by atoms with Crippen LogP contribution in [0.5, 0.6) is 0 Å². The Labute approximate surface area is 122 Å². The van der Waals surface area contributed by atoms with Crippen LogP contribution in [0.2, 0.25) is 0 Å². The molecule has 0 spiro atoms. The van der Waals surface area contributed by atoms with Crippen molar-refractivity contribution in [2.45, 2.75) is 38.8 Å². The number of hydrogen-bond acceptors (Lipinski definition) is 3. The van der Waals surface area contributed by atoms with E-state index in [4.69, 9.17) is 4.42 Å². The maximum absolute atomic E-state index is 6.07. The van der Waals surface area contributed by atoms with E-state index in [0.29, 0.717) is 0 Å². The lowest BCUT2D eigenvalue weighted by molar-refractivity contribution is 0.126. The summed E-state index contributed by atoms with van der Waals surface area (Å²) < 4.78 is 6.07. The normalized spacial score (nSPS) is 14.1. The fraction of sp³-hybridized carbons (Fsp3) is 0.529. The molecule has 1 N–H and O–H groups in total. The lowest BCUT2D eigenvalue weighted by Crippen LogP contribution is -2.49. The molecule has 0 aliphatic carbocycles. The Kier molecular flexibility index (Phi) is 4.51. The van der Waals surface area contributed by atoms with Crippen molar-refractivity contribution in [3.63, 3.8) is 0 Å². The van der Waals surface area contributed by atoms with Crippen LogP contribution in [0.15, 0.2) is 34.7 Å². The van der Waals surface area contributed by atoms with E-state index in [9.17, 15) is 0 Å². The van der Waals surface area contributed by atoms with Gasteiger partial charge in [0.1, 0.15) is 11.3 Å². The Morgan fingerprint density at radius 2 is 1.95 bits per heavy atom. The first-order chi connectivity index (χ1) is 9.46. The number of furan rings is 1. The first kappa shape index (κ1) is 15.1. The Balaban J connectivity index is 2.39. The van der Waals surface area contributed by atoms with Crippen molar-refractivity contribution < 1.29 is 4.42 Å². The number of nitrogens with zero attached hydrogens (tertiary/aromatic N) is 1. The van der Waals surface area contributed by atoms with Crippen LogP contribution in [0.1, 0.15) is 39.0 Å². The van der Waals surface area contributed by atoms with Crippen molar-refractivity contribution in [2.24, 2.45) is 0 Å². The van der Waals surface area contributed by atoms with Crippen LogP contribution in [-0.4, -0.2) is 31.1 Å². The number of hydrogen-bond donors (Lipinski definition) is 1. The van der Waals surface area contributed by atoms with E-state index in [1.165, 1.54) is 5.39 Å². The summed E-state index contributed by atoms with van der Waals surface area (Å²) in [5.41, 5.74) is 0.934. The van der Waals surface area contributed by atoms with E-state index < -0.39 is 0 Å². The third-order valence-corrected chi connectivity index (χ3v) is 4.19. The molecule has 1 unspecified atom stereocenters. The van der Waals surface area contributed by atoms with Gasteiger partial charge in [0.25, 0.3) is 0 Å².